The van der Waals surface area contributed by atoms with Crippen molar-refractivity contribution in [2.75, 3.05) is 5.32 Å². The van der Waals surface area contributed by atoms with Gasteiger partial charge in [-0.1, -0.05) is 12.8 Å². The minimum atomic E-state index is -0.879. The summed E-state index contributed by atoms with van der Waals surface area (Å²) in [5.74, 6) is -1.66. The molecule has 0 spiro atoms. The molecule has 0 aromatic carbocycles. The molecule has 0 radical (unpaired) electrons. The van der Waals surface area contributed by atoms with Crippen LogP contribution in [0.4, 0.5) is 5.82 Å². The highest BCUT2D eigenvalue weighted by atomic mass is 16.4. The van der Waals surface area contributed by atoms with Crippen LogP contribution in [0.3, 0.4) is 0 Å². The summed E-state index contributed by atoms with van der Waals surface area (Å²) in [5, 5.41) is 15.9. The first-order valence-electron chi connectivity index (χ1n) is 6.11. The maximum atomic E-state index is 12.1. The van der Waals surface area contributed by atoms with Gasteiger partial charge in [0.25, 0.3) is 0 Å². The number of carboxylic acids is 1. The van der Waals surface area contributed by atoms with E-state index < -0.39 is 17.8 Å². The third-order valence-electron chi connectivity index (χ3n) is 3.38. The van der Waals surface area contributed by atoms with Gasteiger partial charge < -0.3 is 10.4 Å². The van der Waals surface area contributed by atoms with Gasteiger partial charge in [0.1, 0.15) is 0 Å². The summed E-state index contributed by atoms with van der Waals surface area (Å²) in [7, 11) is 1.76. The van der Waals surface area contributed by atoms with Crippen LogP contribution in [0, 0.1) is 11.8 Å². The summed E-state index contributed by atoms with van der Waals surface area (Å²) < 4.78 is 1.59. The Hall–Kier alpha value is -1.85. The lowest BCUT2D eigenvalue weighted by atomic mass is 9.79. The summed E-state index contributed by atoms with van der Waals surface area (Å²) >= 11 is 0. The first-order chi connectivity index (χ1) is 8.58. The molecule has 2 N–H and O–H groups in total. The molecule has 2 atom stereocenters. The number of amides is 1. The number of aryl methyl sites for hydroxylation is 1. The third-order valence-corrected chi connectivity index (χ3v) is 3.38. The van der Waals surface area contributed by atoms with Crippen molar-refractivity contribution < 1.29 is 14.7 Å². The standard InChI is InChI=1S/C12H17N3O3/c1-15-7-6-10(14-15)13-11(16)8-4-2-3-5-9(8)12(17)18/h6-9H,2-5H2,1H3,(H,17,18)(H,13,14,16). The SMILES string of the molecule is Cn1ccc(NC(=O)C2CCCCC2C(=O)O)n1. The summed E-state index contributed by atoms with van der Waals surface area (Å²) in [6.07, 6.45) is 4.73. The van der Waals surface area contributed by atoms with Crippen LogP contribution in [0.1, 0.15) is 25.7 Å². The van der Waals surface area contributed by atoms with E-state index in [-0.39, 0.29) is 5.91 Å². The molecule has 1 heterocycles. The Labute approximate surface area is 105 Å². The molecule has 18 heavy (non-hydrogen) atoms. The highest BCUT2D eigenvalue weighted by Gasteiger charge is 2.35. The molecule has 6 nitrogen and oxygen atoms in total. The number of hydrogen-bond acceptors (Lipinski definition) is 3. The molecule has 1 aromatic rings. The molecule has 0 aliphatic heterocycles. The number of nitrogens with zero attached hydrogens (tertiary/aromatic N) is 2. The zero-order chi connectivity index (χ0) is 13.1. The lowest BCUT2D eigenvalue weighted by Gasteiger charge is -2.27. The van der Waals surface area contributed by atoms with Gasteiger partial charge in [0.2, 0.25) is 5.91 Å². The van der Waals surface area contributed by atoms with Gasteiger partial charge in [-0.15, -0.1) is 0 Å². The smallest absolute Gasteiger partial charge is 0.307 e. The Kier molecular flexibility index (Phi) is 3.64. The molecule has 1 aliphatic carbocycles. The number of hydrogen-bond donors (Lipinski definition) is 2. The fourth-order valence-electron chi connectivity index (χ4n) is 2.44. The molecule has 98 valence electrons. The quantitative estimate of drug-likeness (QED) is 0.846. The van der Waals surface area contributed by atoms with Crippen molar-refractivity contribution in [2.45, 2.75) is 25.7 Å². The first-order valence-corrected chi connectivity index (χ1v) is 6.11. The van der Waals surface area contributed by atoms with Gasteiger partial charge >= 0.3 is 5.97 Å². The lowest BCUT2D eigenvalue weighted by molar-refractivity contribution is -0.147. The molecule has 0 bridgehead atoms. The van der Waals surface area contributed by atoms with E-state index in [0.717, 1.165) is 12.8 Å². The minimum Gasteiger partial charge on any atom is -0.481 e. The number of aromatic nitrogens is 2. The van der Waals surface area contributed by atoms with Gasteiger partial charge in [-0.25, -0.2) is 0 Å². The summed E-state index contributed by atoms with van der Waals surface area (Å²) in [6, 6.07) is 1.69. The van der Waals surface area contributed by atoms with Crippen LogP contribution < -0.4 is 5.32 Å². The Balaban J connectivity index is 2.04. The molecule has 1 saturated carbocycles. The van der Waals surface area contributed by atoms with Crippen molar-refractivity contribution in [1.82, 2.24) is 9.78 Å². The van der Waals surface area contributed by atoms with Gasteiger partial charge in [0.15, 0.2) is 5.82 Å². The van der Waals surface area contributed by atoms with Gasteiger partial charge in [0.05, 0.1) is 11.8 Å². The van der Waals surface area contributed by atoms with E-state index >= 15 is 0 Å². The van der Waals surface area contributed by atoms with Gasteiger partial charge in [-0.05, 0) is 12.8 Å². The van der Waals surface area contributed by atoms with Crippen LogP contribution in [-0.2, 0) is 16.6 Å². The highest BCUT2D eigenvalue weighted by molar-refractivity contribution is 5.94. The van der Waals surface area contributed by atoms with E-state index in [0.29, 0.717) is 18.7 Å². The molecular formula is C12H17N3O3. The van der Waals surface area contributed by atoms with E-state index in [1.54, 1.807) is 24.0 Å². The Morgan fingerprint density at radius 3 is 2.61 bits per heavy atom. The van der Waals surface area contributed by atoms with Crippen LogP contribution in [0.25, 0.3) is 0 Å². The van der Waals surface area contributed by atoms with Crippen molar-refractivity contribution in [2.24, 2.45) is 18.9 Å². The fourth-order valence-corrected chi connectivity index (χ4v) is 2.44. The molecule has 0 saturated heterocycles. The lowest BCUT2D eigenvalue weighted by Crippen LogP contribution is -2.36. The molecule has 2 unspecified atom stereocenters. The zero-order valence-corrected chi connectivity index (χ0v) is 10.3. The molecular weight excluding hydrogens is 234 g/mol. The second-order valence-electron chi connectivity index (χ2n) is 4.70. The number of anilines is 1. The summed E-state index contributed by atoms with van der Waals surface area (Å²) in [4.78, 5) is 23.2. The third kappa shape index (κ3) is 2.69. The molecule has 1 amide bonds. The number of carbonyl (C=O) groups excluding carboxylic acids is 1. The number of carbonyl (C=O) groups is 2. The maximum absolute atomic E-state index is 12.1. The molecule has 6 heteroatoms. The van der Waals surface area contributed by atoms with Gasteiger partial charge in [-0.2, -0.15) is 5.10 Å². The van der Waals surface area contributed by atoms with Crippen molar-refractivity contribution in [1.29, 1.82) is 0 Å². The van der Waals surface area contributed by atoms with Crippen LogP contribution in [-0.4, -0.2) is 26.8 Å². The van der Waals surface area contributed by atoms with Crippen molar-refractivity contribution in [3.8, 4) is 0 Å². The number of aliphatic carboxylic acids is 1. The second-order valence-corrected chi connectivity index (χ2v) is 4.70. The van der Waals surface area contributed by atoms with E-state index in [2.05, 4.69) is 10.4 Å². The van der Waals surface area contributed by atoms with E-state index in [1.165, 1.54) is 0 Å². The normalized spacial score (nSPS) is 23.6. The highest BCUT2D eigenvalue weighted by Crippen LogP contribution is 2.31. The van der Waals surface area contributed by atoms with E-state index in [4.69, 9.17) is 5.11 Å². The average molecular weight is 251 g/mol. The summed E-state index contributed by atoms with van der Waals surface area (Å²) in [6.45, 7) is 0. The molecule has 1 aromatic heterocycles. The molecule has 1 aliphatic rings. The number of carboxylic acid groups (broad SMARTS) is 1. The Morgan fingerprint density at radius 1 is 1.39 bits per heavy atom. The van der Waals surface area contributed by atoms with Crippen molar-refractivity contribution in [3.63, 3.8) is 0 Å². The zero-order valence-electron chi connectivity index (χ0n) is 10.3. The van der Waals surface area contributed by atoms with Gasteiger partial charge in [-0.3, -0.25) is 14.3 Å². The predicted molar refractivity (Wildman–Crippen MR) is 64.9 cm³/mol. The topological polar surface area (TPSA) is 84.2 Å². The monoisotopic (exact) mass is 251 g/mol. The average Bonchev–Trinajstić information content (AvgIpc) is 2.74. The van der Waals surface area contributed by atoms with E-state index in [9.17, 15) is 9.59 Å². The number of rotatable bonds is 3. The van der Waals surface area contributed by atoms with Gasteiger partial charge in [0, 0.05) is 19.3 Å². The van der Waals surface area contributed by atoms with Crippen LogP contribution in [0.5, 0.6) is 0 Å². The van der Waals surface area contributed by atoms with Crippen LogP contribution in [0.15, 0.2) is 12.3 Å². The first kappa shape index (κ1) is 12.6. The van der Waals surface area contributed by atoms with Crippen LogP contribution >= 0.6 is 0 Å². The van der Waals surface area contributed by atoms with Crippen molar-refractivity contribution >= 4 is 17.7 Å². The summed E-state index contributed by atoms with van der Waals surface area (Å²) in [5.41, 5.74) is 0. The second kappa shape index (κ2) is 5.20. The van der Waals surface area contributed by atoms with Crippen LogP contribution in [0.2, 0.25) is 0 Å². The Bertz CT molecular complexity index is 455. The Morgan fingerprint density at radius 2 is 2.06 bits per heavy atom. The maximum Gasteiger partial charge on any atom is 0.307 e. The van der Waals surface area contributed by atoms with Crippen molar-refractivity contribution in [3.05, 3.63) is 12.3 Å². The minimum absolute atomic E-state index is 0.235. The fraction of sp³-hybridized carbons (Fsp3) is 0.583. The predicted octanol–water partition coefficient (Wildman–Crippen LogP) is 1.25. The molecule has 1 fully saturated rings. The number of nitrogens with one attached hydrogen (secondary N) is 1. The molecule has 2 rings (SSSR count). The largest absolute Gasteiger partial charge is 0.481 e. The van der Waals surface area contributed by atoms with E-state index in [1.807, 2.05) is 0 Å².